The summed E-state index contributed by atoms with van der Waals surface area (Å²) in [6.07, 6.45) is 0.976. The summed E-state index contributed by atoms with van der Waals surface area (Å²) >= 11 is 0. The van der Waals surface area contributed by atoms with Gasteiger partial charge in [0.2, 0.25) is 10.0 Å². The number of fused-ring (bicyclic) bond motifs is 1. The Morgan fingerprint density at radius 3 is 2.63 bits per heavy atom. The molecule has 0 saturated carbocycles. The van der Waals surface area contributed by atoms with E-state index in [4.69, 9.17) is 0 Å². The molecule has 3 rings (SSSR count). The van der Waals surface area contributed by atoms with Crippen LogP contribution in [0.25, 0.3) is 0 Å². The molecule has 2 heterocycles. The lowest BCUT2D eigenvalue weighted by Gasteiger charge is -2.31. The topological polar surface area (TPSA) is 52.7 Å². The second-order valence-corrected chi connectivity index (χ2v) is 7.14. The molecule has 1 fully saturated rings. The first-order valence-corrected chi connectivity index (χ1v) is 8.07. The summed E-state index contributed by atoms with van der Waals surface area (Å²) in [6, 6.07) is 5.44. The van der Waals surface area contributed by atoms with Gasteiger partial charge < -0.3 is 10.2 Å². The molecule has 0 aliphatic carbocycles. The monoisotopic (exact) mass is 281 g/mol. The van der Waals surface area contributed by atoms with Crippen LogP contribution in [0.15, 0.2) is 23.1 Å². The minimum absolute atomic E-state index is 0.408. The van der Waals surface area contributed by atoms with Crippen molar-refractivity contribution < 1.29 is 8.42 Å². The first-order valence-electron chi connectivity index (χ1n) is 6.63. The van der Waals surface area contributed by atoms with Gasteiger partial charge in [-0.2, -0.15) is 4.31 Å². The van der Waals surface area contributed by atoms with Crippen LogP contribution in [0, 0.1) is 0 Å². The van der Waals surface area contributed by atoms with Gasteiger partial charge in [-0.1, -0.05) is 6.07 Å². The molecule has 104 valence electrons. The number of hydrogen-bond acceptors (Lipinski definition) is 4. The van der Waals surface area contributed by atoms with Crippen LogP contribution in [0.4, 0.5) is 5.69 Å². The maximum absolute atomic E-state index is 12.6. The molecule has 0 unspecified atom stereocenters. The molecule has 0 radical (unpaired) electrons. The van der Waals surface area contributed by atoms with Crippen molar-refractivity contribution in [2.24, 2.45) is 0 Å². The van der Waals surface area contributed by atoms with Crippen LogP contribution in [-0.2, 0) is 16.4 Å². The summed E-state index contributed by atoms with van der Waals surface area (Å²) in [5.41, 5.74) is 2.17. The molecule has 0 atom stereocenters. The van der Waals surface area contributed by atoms with E-state index in [2.05, 4.69) is 10.2 Å². The van der Waals surface area contributed by atoms with Crippen LogP contribution in [0.1, 0.15) is 5.56 Å². The average Bonchev–Trinajstić information content (AvgIpc) is 2.86. The zero-order chi connectivity index (χ0) is 13.5. The quantitative estimate of drug-likeness (QED) is 0.862. The van der Waals surface area contributed by atoms with E-state index >= 15 is 0 Å². The second-order valence-electron chi connectivity index (χ2n) is 5.20. The fourth-order valence-corrected chi connectivity index (χ4v) is 4.06. The van der Waals surface area contributed by atoms with E-state index in [0.717, 1.165) is 31.7 Å². The van der Waals surface area contributed by atoms with E-state index < -0.39 is 10.0 Å². The molecule has 2 aliphatic heterocycles. The maximum Gasteiger partial charge on any atom is 0.243 e. The highest BCUT2D eigenvalue weighted by Crippen LogP contribution is 2.27. The van der Waals surface area contributed by atoms with Crippen LogP contribution in [0.5, 0.6) is 0 Å². The van der Waals surface area contributed by atoms with Gasteiger partial charge in [-0.25, -0.2) is 8.42 Å². The van der Waals surface area contributed by atoms with E-state index in [0.29, 0.717) is 18.0 Å². The summed E-state index contributed by atoms with van der Waals surface area (Å²) in [5.74, 6) is 0. The number of nitrogens with one attached hydrogen (secondary N) is 1. The molecule has 5 nitrogen and oxygen atoms in total. The Labute approximate surface area is 114 Å². The molecular formula is C13H19N3O2S. The zero-order valence-electron chi connectivity index (χ0n) is 11.1. The number of benzene rings is 1. The Morgan fingerprint density at radius 1 is 1.16 bits per heavy atom. The maximum atomic E-state index is 12.6. The predicted octanol–water partition coefficient (Wildman–Crippen LogP) is 0.591. The minimum Gasteiger partial charge on any atom is -0.384 e. The third-order valence-corrected chi connectivity index (χ3v) is 5.79. The lowest BCUT2D eigenvalue weighted by molar-refractivity contribution is 0.222. The Hall–Kier alpha value is -1.11. The van der Waals surface area contributed by atoms with Crippen molar-refractivity contribution in [2.45, 2.75) is 11.3 Å². The number of nitrogens with zero attached hydrogens (tertiary/aromatic N) is 2. The molecular weight excluding hydrogens is 262 g/mol. The molecule has 19 heavy (non-hydrogen) atoms. The number of piperazine rings is 1. The van der Waals surface area contributed by atoms with E-state index in [-0.39, 0.29) is 0 Å². The first kappa shape index (κ1) is 12.9. The molecule has 1 aromatic rings. The van der Waals surface area contributed by atoms with Crippen molar-refractivity contribution in [3.8, 4) is 0 Å². The third kappa shape index (κ3) is 2.35. The van der Waals surface area contributed by atoms with Gasteiger partial charge in [0.1, 0.15) is 0 Å². The van der Waals surface area contributed by atoms with Gasteiger partial charge >= 0.3 is 0 Å². The third-order valence-electron chi connectivity index (χ3n) is 3.89. The molecule has 6 heteroatoms. The Bertz CT molecular complexity index is 578. The largest absolute Gasteiger partial charge is 0.384 e. The molecule has 0 amide bonds. The minimum atomic E-state index is -3.34. The molecule has 2 aliphatic rings. The summed E-state index contributed by atoms with van der Waals surface area (Å²) in [4.78, 5) is 2.56. The number of hydrogen-bond donors (Lipinski definition) is 1. The summed E-state index contributed by atoms with van der Waals surface area (Å²) in [7, 11) is -1.32. The number of sulfonamides is 1. The Kier molecular flexibility index (Phi) is 3.24. The highest BCUT2D eigenvalue weighted by molar-refractivity contribution is 7.89. The summed E-state index contributed by atoms with van der Waals surface area (Å²) < 4.78 is 26.7. The highest BCUT2D eigenvalue weighted by Gasteiger charge is 2.28. The van der Waals surface area contributed by atoms with Crippen molar-refractivity contribution in [3.05, 3.63) is 23.8 Å². The first-order chi connectivity index (χ1) is 9.07. The summed E-state index contributed by atoms with van der Waals surface area (Å²) in [6.45, 7) is 3.63. The molecule has 0 aromatic heterocycles. The fraction of sp³-hybridized carbons (Fsp3) is 0.538. The van der Waals surface area contributed by atoms with Crippen LogP contribution >= 0.6 is 0 Å². The second kappa shape index (κ2) is 4.77. The van der Waals surface area contributed by atoms with Crippen molar-refractivity contribution in [1.82, 2.24) is 9.21 Å². The molecule has 0 spiro atoms. The molecule has 0 bridgehead atoms. The van der Waals surface area contributed by atoms with Crippen molar-refractivity contribution in [3.63, 3.8) is 0 Å². The summed E-state index contributed by atoms with van der Waals surface area (Å²) in [5, 5.41) is 3.23. The van der Waals surface area contributed by atoms with Gasteiger partial charge in [-0.15, -0.1) is 0 Å². The average molecular weight is 281 g/mol. The van der Waals surface area contributed by atoms with Crippen LogP contribution in [0.2, 0.25) is 0 Å². The van der Waals surface area contributed by atoms with Crippen LogP contribution in [-0.4, -0.2) is 57.4 Å². The lowest BCUT2D eigenvalue weighted by atomic mass is 10.2. The smallest absolute Gasteiger partial charge is 0.243 e. The fourth-order valence-electron chi connectivity index (χ4n) is 2.61. The SMILES string of the molecule is CN1CCN(S(=O)(=O)c2ccc3c(c2)NCC3)CC1. The highest BCUT2D eigenvalue weighted by atomic mass is 32.2. The van der Waals surface area contributed by atoms with E-state index in [1.54, 1.807) is 16.4 Å². The van der Waals surface area contributed by atoms with Gasteiger partial charge in [-0.05, 0) is 31.2 Å². The van der Waals surface area contributed by atoms with E-state index in [1.165, 1.54) is 5.56 Å². The molecule has 1 saturated heterocycles. The molecule has 1 N–H and O–H groups in total. The van der Waals surface area contributed by atoms with Gasteiger partial charge in [0.25, 0.3) is 0 Å². The lowest BCUT2D eigenvalue weighted by Crippen LogP contribution is -2.47. The molecule has 1 aromatic carbocycles. The van der Waals surface area contributed by atoms with Crippen LogP contribution < -0.4 is 5.32 Å². The predicted molar refractivity (Wildman–Crippen MR) is 74.9 cm³/mol. The van der Waals surface area contributed by atoms with Crippen molar-refractivity contribution >= 4 is 15.7 Å². The van der Waals surface area contributed by atoms with Gasteiger partial charge in [0.15, 0.2) is 0 Å². The van der Waals surface area contributed by atoms with Crippen molar-refractivity contribution in [2.75, 3.05) is 45.1 Å². The Balaban J connectivity index is 1.88. The Morgan fingerprint density at radius 2 is 1.89 bits per heavy atom. The number of likely N-dealkylation sites (N-methyl/N-ethyl adjacent to an activating group) is 1. The van der Waals surface area contributed by atoms with Gasteiger partial charge in [0.05, 0.1) is 4.90 Å². The number of anilines is 1. The van der Waals surface area contributed by atoms with Crippen molar-refractivity contribution in [1.29, 1.82) is 0 Å². The van der Waals surface area contributed by atoms with Gasteiger partial charge in [0, 0.05) is 38.4 Å². The van der Waals surface area contributed by atoms with Crippen LogP contribution in [0.3, 0.4) is 0 Å². The standard InChI is InChI=1S/C13H19N3O2S/c1-15-6-8-16(9-7-15)19(17,18)12-3-2-11-4-5-14-13(11)10-12/h2-3,10,14H,4-9H2,1H3. The van der Waals surface area contributed by atoms with E-state index in [1.807, 2.05) is 13.1 Å². The zero-order valence-corrected chi connectivity index (χ0v) is 11.9. The normalized spacial score (nSPS) is 21.1. The van der Waals surface area contributed by atoms with E-state index in [9.17, 15) is 8.42 Å². The van der Waals surface area contributed by atoms with Gasteiger partial charge in [-0.3, -0.25) is 0 Å². The number of rotatable bonds is 2.